The Morgan fingerprint density at radius 2 is 2.00 bits per heavy atom. The Hall–Kier alpha value is -1.73. The summed E-state index contributed by atoms with van der Waals surface area (Å²) in [5.74, 6) is 0.841. The second kappa shape index (κ2) is 7.12. The molecule has 2 aromatic heterocycles. The number of sulfonamides is 1. The highest BCUT2D eigenvalue weighted by molar-refractivity contribution is 7.89. The van der Waals surface area contributed by atoms with Crippen molar-refractivity contribution >= 4 is 21.3 Å². The summed E-state index contributed by atoms with van der Waals surface area (Å²) in [6.07, 6.45) is 7.08. The van der Waals surface area contributed by atoms with E-state index >= 15 is 0 Å². The van der Waals surface area contributed by atoms with Gasteiger partial charge in [0.25, 0.3) is 0 Å². The quantitative estimate of drug-likeness (QED) is 0.751. The van der Waals surface area contributed by atoms with Crippen LogP contribution >= 0.6 is 0 Å². The van der Waals surface area contributed by atoms with Gasteiger partial charge in [0.1, 0.15) is 0 Å². The summed E-state index contributed by atoms with van der Waals surface area (Å²) in [6.45, 7) is 8.64. The first-order chi connectivity index (χ1) is 12.3. The standard InChI is InChI=1S/C19H27N3O3S/c1-5-26(24,25)21-9-6-16(7-10-21)13(2)19-14(3)18(15(4)23)17-12-20-8-11-22(17)19/h8,11-13,16H,5-7,9-10H2,1-4H3. The fourth-order valence-electron chi connectivity index (χ4n) is 4.32. The molecule has 2 aromatic rings. The van der Waals surface area contributed by atoms with Gasteiger partial charge in [0, 0.05) is 36.7 Å². The molecule has 0 aromatic carbocycles. The van der Waals surface area contributed by atoms with Gasteiger partial charge in [-0.15, -0.1) is 0 Å². The number of fused-ring (bicyclic) bond motifs is 1. The van der Waals surface area contributed by atoms with Crippen molar-refractivity contribution in [2.24, 2.45) is 5.92 Å². The van der Waals surface area contributed by atoms with Gasteiger partial charge in [0.2, 0.25) is 10.0 Å². The van der Waals surface area contributed by atoms with E-state index in [1.165, 1.54) is 0 Å². The van der Waals surface area contributed by atoms with Crippen LogP contribution in [-0.4, -0.2) is 46.7 Å². The van der Waals surface area contributed by atoms with E-state index < -0.39 is 10.0 Å². The fourth-order valence-corrected chi connectivity index (χ4v) is 5.45. The largest absolute Gasteiger partial charge is 0.317 e. The van der Waals surface area contributed by atoms with Gasteiger partial charge in [-0.2, -0.15) is 0 Å². The lowest BCUT2D eigenvalue weighted by Gasteiger charge is -2.34. The molecule has 0 amide bonds. The van der Waals surface area contributed by atoms with Crippen molar-refractivity contribution in [2.75, 3.05) is 18.8 Å². The monoisotopic (exact) mass is 377 g/mol. The topological polar surface area (TPSA) is 71.8 Å². The molecule has 26 heavy (non-hydrogen) atoms. The zero-order valence-corrected chi connectivity index (χ0v) is 16.7. The highest BCUT2D eigenvalue weighted by Crippen LogP contribution is 2.37. The highest BCUT2D eigenvalue weighted by Gasteiger charge is 2.32. The molecular weight excluding hydrogens is 350 g/mol. The number of hydrogen-bond donors (Lipinski definition) is 0. The molecule has 1 saturated heterocycles. The van der Waals surface area contributed by atoms with Crippen LogP contribution in [0.15, 0.2) is 18.6 Å². The van der Waals surface area contributed by atoms with E-state index in [4.69, 9.17) is 0 Å². The molecule has 1 atom stereocenters. The van der Waals surface area contributed by atoms with Gasteiger partial charge in [-0.05, 0) is 51.0 Å². The molecule has 3 rings (SSSR count). The molecule has 1 fully saturated rings. The Balaban J connectivity index is 1.91. The molecule has 0 bridgehead atoms. The van der Waals surface area contributed by atoms with E-state index in [1.807, 2.05) is 13.1 Å². The van der Waals surface area contributed by atoms with Gasteiger partial charge in [-0.1, -0.05) is 6.92 Å². The predicted octanol–water partition coefficient (Wildman–Crippen LogP) is 3.01. The average Bonchev–Trinajstić information content (AvgIpc) is 2.93. The van der Waals surface area contributed by atoms with Gasteiger partial charge in [0.05, 0.1) is 17.5 Å². The maximum atomic E-state index is 12.2. The number of piperidine rings is 1. The van der Waals surface area contributed by atoms with Crippen molar-refractivity contribution in [1.82, 2.24) is 13.7 Å². The first kappa shape index (κ1) is 19.0. The van der Waals surface area contributed by atoms with E-state index in [2.05, 4.69) is 16.3 Å². The first-order valence-electron chi connectivity index (χ1n) is 9.21. The fraction of sp³-hybridized carbons (Fsp3) is 0.579. The Kier molecular flexibility index (Phi) is 5.21. The minimum absolute atomic E-state index is 0.0512. The van der Waals surface area contributed by atoms with Crippen LogP contribution in [0.3, 0.4) is 0 Å². The first-order valence-corrected chi connectivity index (χ1v) is 10.8. The molecule has 0 N–H and O–H groups in total. The average molecular weight is 378 g/mol. The Bertz CT molecular complexity index is 925. The predicted molar refractivity (Wildman–Crippen MR) is 102 cm³/mol. The Morgan fingerprint density at radius 1 is 1.35 bits per heavy atom. The molecule has 6 nitrogen and oxygen atoms in total. The summed E-state index contributed by atoms with van der Waals surface area (Å²) in [7, 11) is -3.11. The molecule has 0 aliphatic carbocycles. The van der Waals surface area contributed by atoms with Crippen LogP contribution in [0.5, 0.6) is 0 Å². The number of nitrogens with zero attached hydrogens (tertiary/aromatic N) is 3. The molecule has 0 saturated carbocycles. The third-order valence-corrected chi connectivity index (χ3v) is 7.66. The van der Waals surface area contributed by atoms with Crippen molar-refractivity contribution in [3.8, 4) is 0 Å². The van der Waals surface area contributed by atoms with Crippen LogP contribution in [0.1, 0.15) is 61.1 Å². The third kappa shape index (κ3) is 3.18. The van der Waals surface area contributed by atoms with Gasteiger partial charge >= 0.3 is 0 Å². The van der Waals surface area contributed by atoms with Crippen LogP contribution in [-0.2, 0) is 10.0 Å². The van der Waals surface area contributed by atoms with Crippen molar-refractivity contribution < 1.29 is 13.2 Å². The minimum atomic E-state index is -3.11. The van der Waals surface area contributed by atoms with E-state index in [9.17, 15) is 13.2 Å². The van der Waals surface area contributed by atoms with Crippen molar-refractivity contribution in [3.05, 3.63) is 35.4 Å². The molecule has 0 radical (unpaired) electrons. The lowest BCUT2D eigenvalue weighted by molar-refractivity contribution is 0.101. The zero-order valence-electron chi connectivity index (χ0n) is 15.9. The van der Waals surface area contributed by atoms with Gasteiger partial charge in [0.15, 0.2) is 5.78 Å². The van der Waals surface area contributed by atoms with Crippen molar-refractivity contribution in [3.63, 3.8) is 0 Å². The molecular formula is C19H27N3O3S. The van der Waals surface area contributed by atoms with Gasteiger partial charge in [-0.3, -0.25) is 9.78 Å². The lowest BCUT2D eigenvalue weighted by atomic mass is 9.82. The summed E-state index contributed by atoms with van der Waals surface area (Å²) >= 11 is 0. The van der Waals surface area contributed by atoms with Gasteiger partial charge in [-0.25, -0.2) is 12.7 Å². The molecule has 7 heteroatoms. The van der Waals surface area contributed by atoms with Crippen molar-refractivity contribution in [1.29, 1.82) is 0 Å². The summed E-state index contributed by atoms with van der Waals surface area (Å²) in [5, 5.41) is 0. The van der Waals surface area contributed by atoms with E-state index in [0.717, 1.165) is 35.2 Å². The number of carbonyl (C=O) groups excluding carboxylic acids is 1. The molecule has 1 aliphatic heterocycles. The number of carbonyl (C=O) groups is 1. The van der Waals surface area contributed by atoms with Gasteiger partial charge < -0.3 is 4.40 Å². The second-order valence-electron chi connectivity index (χ2n) is 7.20. The number of hydrogen-bond acceptors (Lipinski definition) is 4. The number of rotatable bonds is 5. The zero-order chi connectivity index (χ0) is 19.1. The van der Waals surface area contributed by atoms with E-state index in [0.29, 0.717) is 19.0 Å². The van der Waals surface area contributed by atoms with Crippen molar-refractivity contribution in [2.45, 2.75) is 46.5 Å². The summed E-state index contributed by atoms with van der Waals surface area (Å²) in [4.78, 5) is 16.3. The third-order valence-electron chi connectivity index (χ3n) is 5.78. The van der Waals surface area contributed by atoms with Crippen LogP contribution in [0.25, 0.3) is 5.52 Å². The number of aromatic nitrogens is 2. The van der Waals surface area contributed by atoms with Crippen LogP contribution in [0.2, 0.25) is 0 Å². The second-order valence-corrected chi connectivity index (χ2v) is 9.46. The van der Waals surface area contributed by atoms with Crippen LogP contribution < -0.4 is 0 Å². The Labute approximate surface area is 155 Å². The minimum Gasteiger partial charge on any atom is -0.317 e. The van der Waals surface area contributed by atoms with Crippen LogP contribution in [0, 0.1) is 12.8 Å². The van der Waals surface area contributed by atoms with E-state index in [-0.39, 0.29) is 17.5 Å². The molecule has 1 aliphatic rings. The SMILES string of the molecule is CCS(=O)(=O)N1CCC(C(C)c2c(C)c(C(C)=O)c3cnccn23)CC1. The molecule has 0 spiro atoms. The highest BCUT2D eigenvalue weighted by atomic mass is 32.2. The molecule has 3 heterocycles. The summed E-state index contributed by atoms with van der Waals surface area (Å²) < 4.78 is 27.9. The molecule has 142 valence electrons. The lowest BCUT2D eigenvalue weighted by Crippen LogP contribution is -2.40. The van der Waals surface area contributed by atoms with Crippen LogP contribution in [0.4, 0.5) is 0 Å². The maximum Gasteiger partial charge on any atom is 0.213 e. The van der Waals surface area contributed by atoms with E-state index in [1.54, 1.807) is 30.5 Å². The maximum absolute atomic E-state index is 12.2. The molecule has 1 unspecified atom stereocenters. The number of Topliss-reactive ketones (excluding diaryl/α,β-unsaturated/α-hetero) is 1. The number of ketones is 1. The normalized spacial score (nSPS) is 18.3. The summed E-state index contributed by atoms with van der Waals surface area (Å²) in [5.41, 5.74) is 3.75. The Morgan fingerprint density at radius 3 is 2.58 bits per heavy atom. The smallest absolute Gasteiger partial charge is 0.213 e. The summed E-state index contributed by atoms with van der Waals surface area (Å²) in [6, 6.07) is 0.